The van der Waals surface area contributed by atoms with Crippen LogP contribution in [-0.2, 0) is 0 Å². The number of benzene rings is 1. The molecule has 2 heteroatoms. The second kappa shape index (κ2) is 6.25. The number of ether oxygens (including phenoxy) is 1. The first-order valence-corrected chi connectivity index (χ1v) is 9.47. The molecule has 0 unspecified atom stereocenters. The fourth-order valence-corrected chi connectivity index (χ4v) is 6.12. The van der Waals surface area contributed by atoms with E-state index in [1.807, 2.05) is 0 Å². The van der Waals surface area contributed by atoms with Crippen LogP contribution >= 0.6 is 0 Å². The lowest BCUT2D eigenvalue weighted by Crippen LogP contribution is -2.45. The van der Waals surface area contributed by atoms with E-state index < -0.39 is 8.07 Å². The minimum absolute atomic E-state index is 0.256. The quantitative estimate of drug-likeness (QED) is 0.688. The van der Waals surface area contributed by atoms with Gasteiger partial charge in [0.25, 0.3) is 0 Å². The molecule has 1 rings (SSSR count). The van der Waals surface area contributed by atoms with Crippen molar-refractivity contribution in [3.8, 4) is 5.75 Å². The van der Waals surface area contributed by atoms with Gasteiger partial charge in [0.2, 0.25) is 0 Å². The molecule has 0 aromatic heterocycles. The largest absolute Gasteiger partial charge is 0.491 e. The van der Waals surface area contributed by atoms with Crippen LogP contribution < -0.4 is 9.92 Å². The number of hydrogen-bond donors (Lipinski definition) is 0. The molecule has 17 heavy (non-hydrogen) atoms. The summed E-state index contributed by atoms with van der Waals surface area (Å²) in [5.41, 5.74) is 0. The molecule has 0 saturated carbocycles. The van der Waals surface area contributed by atoms with E-state index in [4.69, 9.17) is 4.74 Å². The first-order chi connectivity index (χ1) is 8.07. The minimum atomic E-state index is -1.21. The maximum atomic E-state index is 5.70. The van der Waals surface area contributed by atoms with E-state index in [2.05, 4.69) is 58.9 Å². The van der Waals surface area contributed by atoms with Gasteiger partial charge in [0.1, 0.15) is 5.75 Å². The van der Waals surface area contributed by atoms with Gasteiger partial charge in [0.15, 0.2) is 0 Å². The second-order valence-corrected chi connectivity index (χ2v) is 10.3. The van der Waals surface area contributed by atoms with Crippen LogP contribution in [0.15, 0.2) is 24.3 Å². The van der Waals surface area contributed by atoms with Crippen molar-refractivity contribution in [2.75, 3.05) is 0 Å². The van der Waals surface area contributed by atoms with E-state index >= 15 is 0 Å². The lowest BCUT2D eigenvalue weighted by atomic mass is 10.3. The van der Waals surface area contributed by atoms with E-state index in [0.29, 0.717) is 0 Å². The van der Waals surface area contributed by atoms with Gasteiger partial charge >= 0.3 is 0 Å². The summed E-state index contributed by atoms with van der Waals surface area (Å²) in [5.74, 6) is 0.995. The summed E-state index contributed by atoms with van der Waals surface area (Å²) in [4.78, 5) is 0. The van der Waals surface area contributed by atoms with Gasteiger partial charge in [-0.05, 0) is 26.0 Å². The molecule has 0 N–H and O–H groups in total. The molecule has 0 aliphatic heterocycles. The molecule has 0 aliphatic carbocycles. The Kier molecular flexibility index (Phi) is 5.25. The number of hydrogen-bond acceptors (Lipinski definition) is 1. The van der Waals surface area contributed by atoms with Gasteiger partial charge in [-0.1, -0.05) is 56.2 Å². The lowest BCUT2D eigenvalue weighted by Gasteiger charge is -2.28. The summed E-state index contributed by atoms with van der Waals surface area (Å²) < 4.78 is 5.70. The normalized spacial score (nSPS) is 11.9. The molecule has 0 amide bonds. The van der Waals surface area contributed by atoms with E-state index in [-0.39, 0.29) is 6.10 Å². The van der Waals surface area contributed by atoms with Crippen molar-refractivity contribution in [1.82, 2.24) is 0 Å². The SMILES string of the molecule is CC[Si](CC)(CC)c1ccc(OC(C)C)cc1. The molecule has 1 aromatic rings. The smallest absolute Gasteiger partial charge is 0.119 e. The molecule has 0 spiro atoms. The van der Waals surface area contributed by atoms with Crippen molar-refractivity contribution < 1.29 is 4.74 Å². The van der Waals surface area contributed by atoms with Crippen LogP contribution in [0.5, 0.6) is 5.75 Å². The van der Waals surface area contributed by atoms with Gasteiger partial charge in [-0.25, -0.2) is 0 Å². The molecule has 96 valence electrons. The summed E-state index contributed by atoms with van der Waals surface area (Å²) in [6, 6.07) is 12.9. The Balaban J connectivity index is 2.92. The Morgan fingerprint density at radius 2 is 1.41 bits per heavy atom. The molecule has 0 heterocycles. The van der Waals surface area contributed by atoms with Gasteiger partial charge in [-0.15, -0.1) is 0 Å². The molecule has 0 fully saturated rings. The molecule has 0 atom stereocenters. The van der Waals surface area contributed by atoms with E-state index in [0.717, 1.165) is 5.75 Å². The minimum Gasteiger partial charge on any atom is -0.491 e. The van der Waals surface area contributed by atoms with Crippen LogP contribution in [0.3, 0.4) is 0 Å². The topological polar surface area (TPSA) is 9.23 Å². The van der Waals surface area contributed by atoms with Crippen molar-refractivity contribution in [3.63, 3.8) is 0 Å². The van der Waals surface area contributed by atoms with Crippen LogP contribution in [0.2, 0.25) is 18.1 Å². The highest BCUT2D eigenvalue weighted by molar-refractivity contribution is 6.91. The second-order valence-electron chi connectivity index (χ2n) is 5.03. The Bertz CT molecular complexity index is 317. The monoisotopic (exact) mass is 250 g/mol. The van der Waals surface area contributed by atoms with Gasteiger partial charge < -0.3 is 4.74 Å². The molecular formula is C15H26OSi. The summed E-state index contributed by atoms with van der Waals surface area (Å²) >= 11 is 0. The van der Waals surface area contributed by atoms with E-state index in [9.17, 15) is 0 Å². The summed E-state index contributed by atoms with van der Waals surface area (Å²) in [7, 11) is -1.21. The molecule has 0 saturated heterocycles. The third-order valence-corrected chi connectivity index (χ3v) is 9.49. The predicted octanol–water partition coefficient (Wildman–Crippen LogP) is 4.19. The fourth-order valence-electron chi connectivity index (χ4n) is 2.52. The Hall–Kier alpha value is -0.763. The summed E-state index contributed by atoms with van der Waals surface area (Å²) in [6.45, 7) is 11.2. The summed E-state index contributed by atoms with van der Waals surface area (Å²) in [5, 5.41) is 1.58. The standard InChI is InChI=1S/C15H26OSi/c1-6-17(7-2,8-3)15-11-9-14(10-12-15)16-13(4)5/h9-13H,6-8H2,1-5H3. The molecule has 0 bridgehead atoms. The first-order valence-electron chi connectivity index (χ1n) is 6.85. The van der Waals surface area contributed by atoms with Crippen molar-refractivity contribution in [2.45, 2.75) is 58.9 Å². The van der Waals surface area contributed by atoms with Gasteiger partial charge in [-0.2, -0.15) is 0 Å². The Morgan fingerprint density at radius 1 is 0.941 bits per heavy atom. The van der Waals surface area contributed by atoms with Gasteiger partial charge in [0, 0.05) is 0 Å². The molecule has 0 radical (unpaired) electrons. The van der Waals surface area contributed by atoms with Crippen molar-refractivity contribution in [1.29, 1.82) is 0 Å². The zero-order valence-corrected chi connectivity index (χ0v) is 12.9. The van der Waals surface area contributed by atoms with E-state index in [1.165, 1.54) is 18.1 Å². The zero-order valence-electron chi connectivity index (χ0n) is 11.9. The van der Waals surface area contributed by atoms with Gasteiger partial charge in [0.05, 0.1) is 14.2 Å². The van der Waals surface area contributed by atoms with Crippen LogP contribution in [0.4, 0.5) is 0 Å². The average Bonchev–Trinajstić information content (AvgIpc) is 2.33. The van der Waals surface area contributed by atoms with Crippen LogP contribution in [0.25, 0.3) is 0 Å². The zero-order chi connectivity index (χ0) is 12.9. The molecule has 1 aromatic carbocycles. The highest BCUT2D eigenvalue weighted by Gasteiger charge is 2.28. The van der Waals surface area contributed by atoms with Crippen LogP contribution in [0, 0.1) is 0 Å². The van der Waals surface area contributed by atoms with Crippen molar-refractivity contribution in [2.24, 2.45) is 0 Å². The highest BCUT2D eigenvalue weighted by atomic mass is 28.3. The van der Waals surface area contributed by atoms with E-state index in [1.54, 1.807) is 5.19 Å². The first kappa shape index (κ1) is 14.3. The van der Waals surface area contributed by atoms with Crippen LogP contribution in [-0.4, -0.2) is 14.2 Å². The summed E-state index contributed by atoms with van der Waals surface area (Å²) in [6.07, 6.45) is 0.256. The third kappa shape index (κ3) is 3.35. The van der Waals surface area contributed by atoms with Crippen molar-refractivity contribution >= 4 is 13.3 Å². The lowest BCUT2D eigenvalue weighted by molar-refractivity contribution is 0.242. The number of rotatable bonds is 6. The van der Waals surface area contributed by atoms with Gasteiger partial charge in [-0.3, -0.25) is 0 Å². The third-order valence-electron chi connectivity index (χ3n) is 3.87. The highest BCUT2D eigenvalue weighted by Crippen LogP contribution is 2.21. The average molecular weight is 250 g/mol. The molecule has 1 nitrogen and oxygen atoms in total. The molecular weight excluding hydrogens is 224 g/mol. The van der Waals surface area contributed by atoms with Crippen LogP contribution in [0.1, 0.15) is 34.6 Å². The maximum absolute atomic E-state index is 5.70. The van der Waals surface area contributed by atoms with Crippen molar-refractivity contribution in [3.05, 3.63) is 24.3 Å². The maximum Gasteiger partial charge on any atom is 0.119 e. The Labute approximate surface area is 107 Å². The predicted molar refractivity (Wildman–Crippen MR) is 79.0 cm³/mol. The molecule has 0 aliphatic rings. The Morgan fingerprint density at radius 3 is 1.76 bits per heavy atom. The fraction of sp³-hybridized carbons (Fsp3) is 0.600.